The first-order valence-corrected chi connectivity index (χ1v) is 7.37. The molecule has 0 spiro atoms. The van der Waals surface area contributed by atoms with E-state index in [1.807, 2.05) is 4.90 Å². The summed E-state index contributed by atoms with van der Waals surface area (Å²) >= 11 is 0. The van der Waals surface area contributed by atoms with Gasteiger partial charge in [0.15, 0.2) is 0 Å². The summed E-state index contributed by atoms with van der Waals surface area (Å²) in [6, 6.07) is 0.891. The molecule has 0 saturated carbocycles. The Morgan fingerprint density at radius 1 is 1.00 bits per heavy atom. The maximum Gasteiger partial charge on any atom is 0.248 e. The van der Waals surface area contributed by atoms with Crippen molar-refractivity contribution < 1.29 is 14.3 Å². The third-order valence-corrected chi connectivity index (χ3v) is 4.23. The third-order valence-electron chi connectivity index (χ3n) is 4.23. The van der Waals surface area contributed by atoms with Crippen LogP contribution < -0.4 is 0 Å². The van der Waals surface area contributed by atoms with E-state index < -0.39 is 0 Å². The van der Waals surface area contributed by atoms with Crippen molar-refractivity contribution in [3.8, 4) is 0 Å². The number of carbonyl (C=O) groups is 1. The highest BCUT2D eigenvalue weighted by Gasteiger charge is 2.24. The van der Waals surface area contributed by atoms with Crippen LogP contribution in [0.15, 0.2) is 0 Å². The summed E-state index contributed by atoms with van der Waals surface area (Å²) < 4.78 is 10.5. The van der Waals surface area contributed by atoms with Gasteiger partial charge in [-0.05, 0) is 26.7 Å². The zero-order chi connectivity index (χ0) is 13.7. The summed E-state index contributed by atoms with van der Waals surface area (Å²) in [5.74, 6) is 0.137. The Morgan fingerprint density at radius 3 is 2.32 bits per heavy atom. The minimum atomic E-state index is 0.137. The van der Waals surface area contributed by atoms with Crippen molar-refractivity contribution in [2.24, 2.45) is 0 Å². The Hall–Kier alpha value is -0.650. The van der Waals surface area contributed by atoms with Gasteiger partial charge in [-0.15, -0.1) is 0 Å². The first kappa shape index (κ1) is 14.8. The molecule has 110 valence electrons. The largest absolute Gasteiger partial charge is 0.379 e. The molecule has 0 aromatic heterocycles. The maximum atomic E-state index is 11.8. The molecule has 2 fully saturated rings. The molecule has 5 nitrogen and oxygen atoms in total. The van der Waals surface area contributed by atoms with Crippen LogP contribution in [-0.2, 0) is 14.3 Å². The SMILES string of the molecule is CC(CCC(C)N1CCOCC1=O)N1CCOCC1. The van der Waals surface area contributed by atoms with Crippen LogP contribution in [-0.4, -0.2) is 73.9 Å². The molecule has 19 heavy (non-hydrogen) atoms. The number of hydrogen-bond donors (Lipinski definition) is 0. The molecule has 1 amide bonds. The molecule has 2 rings (SSSR count). The molecule has 2 aliphatic heterocycles. The lowest BCUT2D eigenvalue weighted by Gasteiger charge is -2.35. The van der Waals surface area contributed by atoms with Crippen molar-refractivity contribution in [3.63, 3.8) is 0 Å². The standard InChI is InChI=1S/C14H26N2O3/c1-12(15-5-8-18-9-6-15)3-4-13(2)16-7-10-19-11-14(16)17/h12-13H,3-11H2,1-2H3. The van der Waals surface area contributed by atoms with Crippen molar-refractivity contribution in [3.05, 3.63) is 0 Å². The van der Waals surface area contributed by atoms with Gasteiger partial charge < -0.3 is 14.4 Å². The first-order valence-electron chi connectivity index (χ1n) is 7.37. The molecule has 2 atom stereocenters. The van der Waals surface area contributed by atoms with Crippen LogP contribution in [0, 0.1) is 0 Å². The van der Waals surface area contributed by atoms with Crippen LogP contribution in [0.5, 0.6) is 0 Å². The molecule has 2 aliphatic rings. The van der Waals surface area contributed by atoms with E-state index in [1.165, 1.54) is 0 Å². The molecular weight excluding hydrogens is 244 g/mol. The predicted octanol–water partition coefficient (Wildman–Crippen LogP) is 0.735. The number of hydrogen-bond acceptors (Lipinski definition) is 4. The van der Waals surface area contributed by atoms with Crippen molar-refractivity contribution in [2.45, 2.75) is 38.8 Å². The van der Waals surface area contributed by atoms with Gasteiger partial charge in [-0.3, -0.25) is 9.69 Å². The van der Waals surface area contributed by atoms with E-state index in [1.54, 1.807) is 0 Å². The number of carbonyl (C=O) groups excluding carboxylic acids is 1. The van der Waals surface area contributed by atoms with E-state index in [0.29, 0.717) is 18.7 Å². The van der Waals surface area contributed by atoms with E-state index in [-0.39, 0.29) is 12.5 Å². The van der Waals surface area contributed by atoms with Crippen LogP contribution in [0.2, 0.25) is 0 Å². The smallest absolute Gasteiger partial charge is 0.248 e. The summed E-state index contributed by atoms with van der Waals surface area (Å²) in [6.07, 6.45) is 2.19. The summed E-state index contributed by atoms with van der Waals surface area (Å²) in [5, 5.41) is 0. The molecule has 2 saturated heterocycles. The van der Waals surface area contributed by atoms with Crippen LogP contribution >= 0.6 is 0 Å². The number of amides is 1. The summed E-state index contributed by atoms with van der Waals surface area (Å²) in [5.41, 5.74) is 0. The highest BCUT2D eigenvalue weighted by Crippen LogP contribution is 2.15. The predicted molar refractivity (Wildman–Crippen MR) is 73.1 cm³/mol. The zero-order valence-electron chi connectivity index (χ0n) is 12.1. The summed E-state index contributed by atoms with van der Waals surface area (Å²) in [6.45, 7) is 9.86. The Morgan fingerprint density at radius 2 is 1.63 bits per heavy atom. The number of rotatable bonds is 5. The fraction of sp³-hybridized carbons (Fsp3) is 0.929. The number of nitrogens with zero attached hydrogens (tertiary/aromatic N) is 2. The van der Waals surface area contributed by atoms with Gasteiger partial charge in [0.05, 0.1) is 19.8 Å². The second-order valence-corrected chi connectivity index (χ2v) is 5.56. The highest BCUT2D eigenvalue weighted by atomic mass is 16.5. The summed E-state index contributed by atoms with van der Waals surface area (Å²) in [7, 11) is 0. The van der Waals surface area contributed by atoms with Crippen molar-refractivity contribution in [1.82, 2.24) is 9.80 Å². The monoisotopic (exact) mass is 270 g/mol. The van der Waals surface area contributed by atoms with E-state index in [0.717, 1.165) is 45.7 Å². The molecule has 0 radical (unpaired) electrons. The first-order chi connectivity index (χ1) is 9.18. The fourth-order valence-corrected chi connectivity index (χ4v) is 2.84. The van der Waals surface area contributed by atoms with E-state index in [2.05, 4.69) is 18.7 Å². The quantitative estimate of drug-likeness (QED) is 0.739. The lowest BCUT2D eigenvalue weighted by molar-refractivity contribution is -0.145. The maximum absolute atomic E-state index is 11.8. The normalized spacial score (nSPS) is 25.4. The Balaban J connectivity index is 1.72. The van der Waals surface area contributed by atoms with Crippen molar-refractivity contribution in [2.75, 3.05) is 46.1 Å². The average Bonchev–Trinajstić information content (AvgIpc) is 2.46. The van der Waals surface area contributed by atoms with Gasteiger partial charge in [-0.25, -0.2) is 0 Å². The number of morpholine rings is 2. The molecule has 0 aliphatic carbocycles. The van der Waals surface area contributed by atoms with Crippen LogP contribution in [0.4, 0.5) is 0 Å². The minimum Gasteiger partial charge on any atom is -0.379 e. The zero-order valence-corrected chi connectivity index (χ0v) is 12.1. The fourth-order valence-electron chi connectivity index (χ4n) is 2.84. The lowest BCUT2D eigenvalue weighted by Crippen LogP contribution is -2.47. The minimum absolute atomic E-state index is 0.137. The van der Waals surface area contributed by atoms with Crippen LogP contribution in [0.3, 0.4) is 0 Å². The van der Waals surface area contributed by atoms with Gasteiger partial charge in [0.1, 0.15) is 6.61 Å². The average molecular weight is 270 g/mol. The van der Waals surface area contributed by atoms with Gasteiger partial charge in [0.25, 0.3) is 0 Å². The van der Waals surface area contributed by atoms with E-state index in [9.17, 15) is 4.79 Å². The second-order valence-electron chi connectivity index (χ2n) is 5.56. The molecule has 2 heterocycles. The second kappa shape index (κ2) is 7.22. The topological polar surface area (TPSA) is 42.0 Å². The van der Waals surface area contributed by atoms with Crippen LogP contribution in [0.1, 0.15) is 26.7 Å². The Labute approximate surface area is 115 Å². The molecule has 0 N–H and O–H groups in total. The van der Waals surface area contributed by atoms with Crippen molar-refractivity contribution in [1.29, 1.82) is 0 Å². The van der Waals surface area contributed by atoms with Gasteiger partial charge in [-0.2, -0.15) is 0 Å². The van der Waals surface area contributed by atoms with E-state index >= 15 is 0 Å². The molecule has 5 heteroatoms. The Kier molecular flexibility index (Phi) is 5.60. The molecule has 0 bridgehead atoms. The van der Waals surface area contributed by atoms with Crippen molar-refractivity contribution >= 4 is 5.91 Å². The molecular formula is C14H26N2O3. The Bertz CT molecular complexity index is 292. The van der Waals surface area contributed by atoms with Crippen LogP contribution in [0.25, 0.3) is 0 Å². The summed E-state index contributed by atoms with van der Waals surface area (Å²) in [4.78, 5) is 16.2. The number of ether oxygens (including phenoxy) is 2. The third kappa shape index (κ3) is 4.16. The van der Waals surface area contributed by atoms with Gasteiger partial charge in [0.2, 0.25) is 5.91 Å². The van der Waals surface area contributed by atoms with Gasteiger partial charge in [0, 0.05) is 31.7 Å². The molecule has 2 unspecified atom stereocenters. The highest BCUT2D eigenvalue weighted by molar-refractivity contribution is 5.78. The van der Waals surface area contributed by atoms with Gasteiger partial charge in [-0.1, -0.05) is 0 Å². The van der Waals surface area contributed by atoms with Gasteiger partial charge >= 0.3 is 0 Å². The molecule has 0 aromatic rings. The lowest BCUT2D eigenvalue weighted by atomic mass is 10.1. The molecule has 0 aromatic carbocycles. The van der Waals surface area contributed by atoms with E-state index in [4.69, 9.17) is 9.47 Å².